The Morgan fingerprint density at radius 2 is 1.72 bits per heavy atom. The molecule has 0 aromatic heterocycles. The molecule has 0 fully saturated rings. The number of hydrogen-bond donors (Lipinski definition) is 3. The van der Waals surface area contributed by atoms with Crippen LogP contribution in [0.4, 0.5) is 30.2 Å². The summed E-state index contributed by atoms with van der Waals surface area (Å²) in [6.07, 6.45) is 0. The van der Waals surface area contributed by atoms with Crippen LogP contribution in [0.2, 0.25) is 0 Å². The van der Waals surface area contributed by atoms with Crippen molar-refractivity contribution in [3.05, 3.63) is 53.3 Å². The van der Waals surface area contributed by atoms with Crippen molar-refractivity contribution in [1.82, 2.24) is 10.3 Å². The lowest BCUT2D eigenvalue weighted by Gasteiger charge is -2.18. The van der Waals surface area contributed by atoms with Crippen LogP contribution in [-0.4, -0.2) is 31.6 Å². The Bertz CT molecular complexity index is 722. The monoisotopic (exact) mass is 352 g/mol. The van der Waals surface area contributed by atoms with Crippen molar-refractivity contribution in [3.8, 4) is 0 Å². The van der Waals surface area contributed by atoms with Gasteiger partial charge in [-0.15, -0.1) is 0 Å². The molecule has 0 aliphatic rings. The zero-order valence-electron chi connectivity index (χ0n) is 14.6. The van der Waals surface area contributed by atoms with Gasteiger partial charge in [-0.25, -0.2) is 18.6 Å². The number of benzene rings is 2. The molecule has 0 unspecified atom stereocenters. The number of anilines is 3. The third-order valence-electron chi connectivity index (χ3n) is 3.86. The Hall–Kier alpha value is -2.25. The van der Waals surface area contributed by atoms with Gasteiger partial charge < -0.3 is 15.6 Å². The molecule has 2 aromatic rings. The Kier molecular flexibility index (Phi) is 6.66. The van der Waals surface area contributed by atoms with Gasteiger partial charge in [-0.1, -0.05) is 13.0 Å². The number of likely N-dealkylation sites (N-methyl/N-ethyl adjacent to an activating group) is 1. The first kappa shape index (κ1) is 19.1. The highest BCUT2D eigenvalue weighted by molar-refractivity contribution is 5.75. The molecule has 0 heterocycles. The summed E-state index contributed by atoms with van der Waals surface area (Å²) in [6.45, 7) is 6.08. The SMILES string of the molecule is CCN(C)CCNNc1ccc(F)c(F)c1Nc1ccc(C)cc1F. The summed E-state index contributed by atoms with van der Waals surface area (Å²) in [6, 6.07) is 6.92. The Morgan fingerprint density at radius 1 is 1.00 bits per heavy atom. The van der Waals surface area contributed by atoms with E-state index in [2.05, 4.69) is 21.1 Å². The first-order valence-corrected chi connectivity index (χ1v) is 8.11. The molecule has 25 heavy (non-hydrogen) atoms. The van der Waals surface area contributed by atoms with Gasteiger partial charge in [-0.3, -0.25) is 0 Å². The molecular weight excluding hydrogens is 329 g/mol. The van der Waals surface area contributed by atoms with Gasteiger partial charge in [0.25, 0.3) is 0 Å². The first-order valence-electron chi connectivity index (χ1n) is 8.11. The van der Waals surface area contributed by atoms with E-state index < -0.39 is 17.5 Å². The average Bonchev–Trinajstić information content (AvgIpc) is 2.59. The third kappa shape index (κ3) is 5.11. The van der Waals surface area contributed by atoms with Crippen LogP contribution < -0.4 is 16.2 Å². The summed E-state index contributed by atoms with van der Waals surface area (Å²) in [5.41, 5.74) is 6.74. The van der Waals surface area contributed by atoms with Gasteiger partial charge in [-0.05, 0) is 50.3 Å². The molecule has 2 rings (SSSR count). The minimum atomic E-state index is -1.07. The standard InChI is InChI=1S/C18H23F3N4/c1-4-25(3)10-9-22-24-16-8-6-13(19)17(21)18(16)23-15-7-5-12(2)11-14(15)20/h5-8,11,22-24H,4,9-10H2,1-3H3. The topological polar surface area (TPSA) is 39.3 Å². The fourth-order valence-electron chi connectivity index (χ4n) is 2.20. The van der Waals surface area contributed by atoms with Crippen molar-refractivity contribution >= 4 is 17.1 Å². The third-order valence-corrected chi connectivity index (χ3v) is 3.86. The number of nitrogens with one attached hydrogen (secondary N) is 3. The second kappa shape index (κ2) is 8.73. The van der Waals surface area contributed by atoms with E-state index in [9.17, 15) is 13.2 Å². The Labute approximate surface area is 146 Å². The van der Waals surface area contributed by atoms with Crippen molar-refractivity contribution in [2.75, 3.05) is 37.4 Å². The predicted octanol–water partition coefficient (Wildman–Crippen LogP) is 4.02. The maximum absolute atomic E-state index is 14.2. The zero-order valence-corrected chi connectivity index (χ0v) is 14.6. The summed E-state index contributed by atoms with van der Waals surface area (Å²) >= 11 is 0. The normalized spacial score (nSPS) is 11.0. The van der Waals surface area contributed by atoms with Gasteiger partial charge in [0.2, 0.25) is 0 Å². The van der Waals surface area contributed by atoms with E-state index >= 15 is 0 Å². The predicted molar refractivity (Wildman–Crippen MR) is 95.6 cm³/mol. The van der Waals surface area contributed by atoms with Crippen molar-refractivity contribution in [2.24, 2.45) is 0 Å². The average molecular weight is 352 g/mol. The van der Waals surface area contributed by atoms with Crippen molar-refractivity contribution < 1.29 is 13.2 Å². The summed E-state index contributed by atoms with van der Waals surface area (Å²) in [4.78, 5) is 2.10. The van der Waals surface area contributed by atoms with E-state index in [4.69, 9.17) is 0 Å². The number of hydrogen-bond acceptors (Lipinski definition) is 4. The van der Waals surface area contributed by atoms with E-state index in [-0.39, 0.29) is 17.1 Å². The molecular formula is C18H23F3N4. The van der Waals surface area contributed by atoms with Crippen LogP contribution >= 0.6 is 0 Å². The van der Waals surface area contributed by atoms with E-state index in [1.807, 2.05) is 14.0 Å². The molecule has 0 spiro atoms. The number of aryl methyl sites for hydroxylation is 1. The van der Waals surface area contributed by atoms with Gasteiger partial charge in [0, 0.05) is 13.1 Å². The van der Waals surface area contributed by atoms with E-state index in [0.717, 1.165) is 24.7 Å². The molecule has 7 heteroatoms. The molecule has 0 aliphatic heterocycles. The van der Waals surface area contributed by atoms with Gasteiger partial charge in [-0.2, -0.15) is 0 Å². The van der Waals surface area contributed by atoms with E-state index in [1.165, 1.54) is 18.2 Å². The number of halogens is 3. The molecule has 0 aliphatic carbocycles. The molecule has 4 nitrogen and oxygen atoms in total. The summed E-state index contributed by atoms with van der Waals surface area (Å²) in [7, 11) is 1.98. The zero-order chi connectivity index (χ0) is 18.4. The van der Waals surface area contributed by atoms with Crippen LogP contribution in [0.25, 0.3) is 0 Å². The molecule has 136 valence electrons. The molecule has 0 bridgehead atoms. The molecule has 0 atom stereocenters. The number of hydrazine groups is 1. The summed E-state index contributed by atoms with van der Waals surface area (Å²) < 4.78 is 41.8. The largest absolute Gasteiger partial charge is 0.349 e. The van der Waals surface area contributed by atoms with Crippen molar-refractivity contribution in [2.45, 2.75) is 13.8 Å². The van der Waals surface area contributed by atoms with Crippen LogP contribution in [0.15, 0.2) is 30.3 Å². The lowest BCUT2D eigenvalue weighted by Crippen LogP contribution is -2.32. The minimum absolute atomic E-state index is 0.0730. The highest BCUT2D eigenvalue weighted by atomic mass is 19.2. The van der Waals surface area contributed by atoms with Crippen LogP contribution in [0.5, 0.6) is 0 Å². The smallest absolute Gasteiger partial charge is 0.184 e. The van der Waals surface area contributed by atoms with Gasteiger partial charge in [0.1, 0.15) is 11.5 Å². The Morgan fingerprint density at radius 3 is 2.40 bits per heavy atom. The quantitative estimate of drug-likeness (QED) is 0.496. The van der Waals surface area contributed by atoms with Gasteiger partial charge in [0.15, 0.2) is 11.6 Å². The van der Waals surface area contributed by atoms with Gasteiger partial charge >= 0.3 is 0 Å². The van der Waals surface area contributed by atoms with Crippen molar-refractivity contribution in [3.63, 3.8) is 0 Å². The van der Waals surface area contributed by atoms with Crippen LogP contribution in [0.3, 0.4) is 0 Å². The fraction of sp³-hybridized carbons (Fsp3) is 0.333. The second-order valence-electron chi connectivity index (χ2n) is 5.84. The molecule has 3 N–H and O–H groups in total. The maximum Gasteiger partial charge on any atom is 0.184 e. The number of rotatable bonds is 8. The molecule has 0 radical (unpaired) electrons. The molecule has 0 saturated heterocycles. The maximum atomic E-state index is 14.2. The molecule has 2 aromatic carbocycles. The second-order valence-corrected chi connectivity index (χ2v) is 5.84. The minimum Gasteiger partial charge on any atom is -0.349 e. The van der Waals surface area contributed by atoms with Gasteiger partial charge in [0.05, 0.1) is 11.4 Å². The van der Waals surface area contributed by atoms with Crippen LogP contribution in [0.1, 0.15) is 12.5 Å². The van der Waals surface area contributed by atoms with E-state index in [1.54, 1.807) is 13.0 Å². The first-order chi connectivity index (χ1) is 11.9. The Balaban J connectivity index is 2.16. The summed E-state index contributed by atoms with van der Waals surface area (Å²) in [5.74, 6) is -2.61. The van der Waals surface area contributed by atoms with Crippen LogP contribution in [0, 0.1) is 24.4 Å². The summed E-state index contributed by atoms with van der Waals surface area (Å²) in [5, 5.41) is 2.64. The fourth-order valence-corrected chi connectivity index (χ4v) is 2.20. The lowest BCUT2D eigenvalue weighted by molar-refractivity contribution is 0.353. The molecule has 0 amide bonds. The highest BCUT2D eigenvalue weighted by Crippen LogP contribution is 2.31. The van der Waals surface area contributed by atoms with Crippen molar-refractivity contribution in [1.29, 1.82) is 0 Å². The lowest BCUT2D eigenvalue weighted by atomic mass is 10.2. The number of nitrogens with zero attached hydrogens (tertiary/aromatic N) is 1. The van der Waals surface area contributed by atoms with E-state index in [0.29, 0.717) is 6.54 Å². The molecule has 0 saturated carbocycles. The van der Waals surface area contributed by atoms with Crippen LogP contribution in [-0.2, 0) is 0 Å². The highest BCUT2D eigenvalue weighted by Gasteiger charge is 2.15.